The highest BCUT2D eigenvalue weighted by atomic mass is 15.1. The summed E-state index contributed by atoms with van der Waals surface area (Å²) in [5.41, 5.74) is 3.12. The summed E-state index contributed by atoms with van der Waals surface area (Å²) >= 11 is 0. The SMILES string of the molecule is Cc1cccc([C@H](Nc2nccc(C)n2)C2CC2)n1. The maximum absolute atomic E-state index is 4.64. The fourth-order valence-corrected chi connectivity index (χ4v) is 2.26. The molecule has 2 heterocycles. The van der Waals surface area contributed by atoms with Crippen molar-refractivity contribution in [3.05, 3.63) is 47.5 Å². The predicted octanol–water partition coefficient (Wildman–Crippen LogP) is 3.05. The molecule has 0 radical (unpaired) electrons. The average molecular weight is 254 g/mol. The molecule has 1 fully saturated rings. The van der Waals surface area contributed by atoms with E-state index < -0.39 is 0 Å². The fraction of sp³-hybridized carbons (Fsp3) is 0.400. The van der Waals surface area contributed by atoms with Gasteiger partial charge in [0, 0.05) is 17.6 Å². The van der Waals surface area contributed by atoms with Gasteiger partial charge < -0.3 is 5.32 Å². The fourth-order valence-electron chi connectivity index (χ4n) is 2.26. The number of nitrogens with one attached hydrogen (secondary N) is 1. The van der Waals surface area contributed by atoms with E-state index in [4.69, 9.17) is 0 Å². The molecule has 3 rings (SSSR count). The van der Waals surface area contributed by atoms with Crippen LogP contribution in [0.1, 0.15) is 36.0 Å². The number of aromatic nitrogens is 3. The summed E-state index contributed by atoms with van der Waals surface area (Å²) in [4.78, 5) is 13.3. The van der Waals surface area contributed by atoms with Gasteiger partial charge in [0.25, 0.3) is 0 Å². The van der Waals surface area contributed by atoms with E-state index in [2.05, 4.69) is 32.4 Å². The van der Waals surface area contributed by atoms with Crippen molar-refractivity contribution >= 4 is 5.95 Å². The highest BCUT2D eigenvalue weighted by Gasteiger charge is 2.33. The van der Waals surface area contributed by atoms with E-state index >= 15 is 0 Å². The van der Waals surface area contributed by atoms with Crippen LogP contribution in [-0.2, 0) is 0 Å². The molecule has 0 aliphatic heterocycles. The molecule has 0 bridgehead atoms. The summed E-state index contributed by atoms with van der Waals surface area (Å²) in [5.74, 6) is 1.35. The maximum Gasteiger partial charge on any atom is 0.223 e. The molecule has 1 saturated carbocycles. The van der Waals surface area contributed by atoms with Crippen molar-refractivity contribution in [3.8, 4) is 0 Å². The molecule has 0 spiro atoms. The van der Waals surface area contributed by atoms with Crippen molar-refractivity contribution in [2.75, 3.05) is 5.32 Å². The van der Waals surface area contributed by atoms with Gasteiger partial charge in [-0.05, 0) is 50.8 Å². The summed E-state index contributed by atoms with van der Waals surface area (Å²) < 4.78 is 0. The van der Waals surface area contributed by atoms with Crippen LogP contribution in [0.3, 0.4) is 0 Å². The summed E-state index contributed by atoms with van der Waals surface area (Å²) in [5, 5.41) is 3.44. The highest BCUT2D eigenvalue weighted by Crippen LogP contribution is 2.41. The first kappa shape index (κ1) is 12.1. The molecule has 1 aliphatic carbocycles. The Balaban J connectivity index is 1.86. The van der Waals surface area contributed by atoms with Crippen LogP contribution in [-0.4, -0.2) is 15.0 Å². The number of anilines is 1. The minimum absolute atomic E-state index is 0.224. The topological polar surface area (TPSA) is 50.7 Å². The number of nitrogens with zero attached hydrogens (tertiary/aromatic N) is 3. The molecule has 2 aromatic rings. The van der Waals surface area contributed by atoms with E-state index in [0.29, 0.717) is 11.9 Å². The van der Waals surface area contributed by atoms with E-state index in [1.54, 1.807) is 6.20 Å². The van der Waals surface area contributed by atoms with Crippen LogP contribution in [0.5, 0.6) is 0 Å². The van der Waals surface area contributed by atoms with Crippen molar-refractivity contribution in [1.82, 2.24) is 15.0 Å². The molecular formula is C15H18N4. The van der Waals surface area contributed by atoms with Gasteiger partial charge in [0.05, 0.1) is 11.7 Å². The Morgan fingerprint density at radius 2 is 1.89 bits per heavy atom. The third kappa shape index (κ3) is 2.89. The van der Waals surface area contributed by atoms with E-state index in [1.807, 2.05) is 26.0 Å². The largest absolute Gasteiger partial charge is 0.346 e. The Morgan fingerprint density at radius 1 is 1.11 bits per heavy atom. The third-order valence-corrected chi connectivity index (χ3v) is 3.40. The van der Waals surface area contributed by atoms with Crippen LogP contribution in [0, 0.1) is 19.8 Å². The van der Waals surface area contributed by atoms with Crippen LogP contribution < -0.4 is 5.32 Å². The summed E-state index contributed by atoms with van der Waals surface area (Å²) in [6.07, 6.45) is 4.29. The van der Waals surface area contributed by atoms with Crippen LogP contribution in [0.25, 0.3) is 0 Å². The maximum atomic E-state index is 4.64. The molecule has 0 saturated heterocycles. The lowest BCUT2D eigenvalue weighted by atomic mass is 10.1. The van der Waals surface area contributed by atoms with Gasteiger partial charge in [-0.3, -0.25) is 4.98 Å². The van der Waals surface area contributed by atoms with Crippen molar-refractivity contribution < 1.29 is 0 Å². The zero-order valence-electron chi connectivity index (χ0n) is 11.3. The molecule has 1 N–H and O–H groups in total. The van der Waals surface area contributed by atoms with Gasteiger partial charge in [0.15, 0.2) is 0 Å². The molecule has 0 aromatic carbocycles. The van der Waals surface area contributed by atoms with E-state index in [-0.39, 0.29) is 6.04 Å². The van der Waals surface area contributed by atoms with Crippen molar-refractivity contribution in [2.45, 2.75) is 32.7 Å². The third-order valence-electron chi connectivity index (χ3n) is 3.40. The average Bonchev–Trinajstić information content (AvgIpc) is 3.20. The molecule has 2 aromatic heterocycles. The van der Waals surface area contributed by atoms with Crippen molar-refractivity contribution in [2.24, 2.45) is 5.92 Å². The molecule has 4 heteroatoms. The second-order valence-electron chi connectivity index (χ2n) is 5.18. The van der Waals surface area contributed by atoms with Gasteiger partial charge in [0.2, 0.25) is 5.95 Å². The molecule has 1 atom stereocenters. The number of hydrogen-bond donors (Lipinski definition) is 1. The molecule has 0 amide bonds. The monoisotopic (exact) mass is 254 g/mol. The van der Waals surface area contributed by atoms with Crippen LogP contribution >= 0.6 is 0 Å². The molecule has 4 nitrogen and oxygen atoms in total. The van der Waals surface area contributed by atoms with Crippen molar-refractivity contribution in [3.63, 3.8) is 0 Å². The highest BCUT2D eigenvalue weighted by molar-refractivity contribution is 5.31. The lowest BCUT2D eigenvalue weighted by Crippen LogP contribution is -2.16. The Hall–Kier alpha value is -1.97. The number of hydrogen-bond acceptors (Lipinski definition) is 4. The Kier molecular flexibility index (Phi) is 3.15. The smallest absolute Gasteiger partial charge is 0.223 e. The normalized spacial score (nSPS) is 16.1. The predicted molar refractivity (Wildman–Crippen MR) is 74.8 cm³/mol. The van der Waals surface area contributed by atoms with Gasteiger partial charge >= 0.3 is 0 Å². The van der Waals surface area contributed by atoms with Crippen molar-refractivity contribution in [1.29, 1.82) is 0 Å². The van der Waals surface area contributed by atoms with Gasteiger partial charge in [-0.15, -0.1) is 0 Å². The van der Waals surface area contributed by atoms with Gasteiger partial charge in [0.1, 0.15) is 0 Å². The van der Waals surface area contributed by atoms with Gasteiger partial charge in [-0.25, -0.2) is 9.97 Å². The standard InChI is InChI=1S/C15H18N4/c1-10-4-3-5-13(17-10)14(12-6-7-12)19-15-16-9-8-11(2)18-15/h3-5,8-9,12,14H,6-7H2,1-2H3,(H,16,18,19)/t14-/m1/s1. The number of rotatable bonds is 4. The Bertz CT molecular complexity index is 578. The first-order valence-electron chi connectivity index (χ1n) is 6.72. The summed E-state index contributed by atoms with van der Waals surface area (Å²) in [7, 11) is 0. The Morgan fingerprint density at radius 3 is 2.58 bits per heavy atom. The van der Waals surface area contributed by atoms with E-state index in [1.165, 1.54) is 12.8 Å². The first-order chi connectivity index (χ1) is 9.22. The van der Waals surface area contributed by atoms with Crippen LogP contribution in [0.2, 0.25) is 0 Å². The van der Waals surface area contributed by atoms with E-state index in [0.717, 1.165) is 17.1 Å². The molecular weight excluding hydrogens is 236 g/mol. The molecule has 1 aliphatic rings. The lowest BCUT2D eigenvalue weighted by Gasteiger charge is -2.18. The second-order valence-corrected chi connectivity index (χ2v) is 5.18. The lowest BCUT2D eigenvalue weighted by molar-refractivity contribution is 0.649. The van der Waals surface area contributed by atoms with Gasteiger partial charge in [-0.1, -0.05) is 6.07 Å². The minimum atomic E-state index is 0.224. The molecule has 19 heavy (non-hydrogen) atoms. The molecule has 98 valence electrons. The van der Waals surface area contributed by atoms with Gasteiger partial charge in [-0.2, -0.15) is 0 Å². The minimum Gasteiger partial charge on any atom is -0.346 e. The quantitative estimate of drug-likeness (QED) is 0.911. The summed E-state index contributed by atoms with van der Waals surface area (Å²) in [6.45, 7) is 4.00. The zero-order valence-corrected chi connectivity index (χ0v) is 11.3. The van der Waals surface area contributed by atoms with Crippen LogP contribution in [0.15, 0.2) is 30.5 Å². The number of aryl methyl sites for hydroxylation is 2. The van der Waals surface area contributed by atoms with Crippen LogP contribution in [0.4, 0.5) is 5.95 Å². The number of pyridine rings is 1. The molecule has 0 unspecified atom stereocenters. The Labute approximate surface area is 113 Å². The zero-order chi connectivity index (χ0) is 13.2. The van der Waals surface area contributed by atoms with E-state index in [9.17, 15) is 0 Å². The first-order valence-corrected chi connectivity index (χ1v) is 6.72. The summed E-state index contributed by atoms with van der Waals surface area (Å²) in [6, 6.07) is 8.30. The second kappa shape index (κ2) is 4.96.